The number of hydrogen-bond acceptors (Lipinski definition) is 5. The maximum atomic E-state index is 7.25. The fourth-order valence-corrected chi connectivity index (χ4v) is 12.8. The number of fused-ring (bicyclic) bond motifs is 15. The van der Waals surface area contributed by atoms with Gasteiger partial charge in [0.15, 0.2) is 17.5 Å². The van der Waals surface area contributed by atoms with Crippen LogP contribution in [0.2, 0.25) is 0 Å². The molecule has 0 bridgehead atoms. The van der Waals surface area contributed by atoms with Gasteiger partial charge in [0.05, 0.1) is 33.3 Å². The summed E-state index contributed by atoms with van der Waals surface area (Å²) in [5.74, 6) is 1.68. The van der Waals surface area contributed by atoms with E-state index < -0.39 is 0 Å². The van der Waals surface area contributed by atoms with Gasteiger partial charge in [0.2, 0.25) is 0 Å². The molecule has 11 aromatic carbocycles. The Labute approximate surface area is 414 Å². The molecule has 0 saturated carbocycles. The second kappa shape index (κ2) is 15.0. The highest BCUT2D eigenvalue weighted by Crippen LogP contribution is 2.47. The van der Waals surface area contributed by atoms with Gasteiger partial charge in [0, 0.05) is 69.3 Å². The van der Waals surface area contributed by atoms with Gasteiger partial charge in [-0.15, -0.1) is 11.3 Å². The molecule has 0 aliphatic heterocycles. The van der Waals surface area contributed by atoms with E-state index in [-0.39, 0.29) is 0 Å². The van der Waals surface area contributed by atoms with E-state index in [1.165, 1.54) is 25.6 Å². The SMILES string of the molecule is c1ccc(-n2c3ccccc3c3c(-c4nc(-c5c(-n6c7ccccc7c7cc8ccccc8cc76)ccc6c5oc5ccc7ccccc7c56)nc(-c5cccc6sc7ccccc7c56)n4)cccc32)cc1. The number of hydrogen-bond donors (Lipinski definition) is 0. The third-order valence-corrected chi connectivity index (χ3v) is 15.9. The molecule has 0 unspecified atom stereocenters. The lowest BCUT2D eigenvalue weighted by Gasteiger charge is -2.16. The average molecular weight is 936 g/mol. The topological polar surface area (TPSA) is 61.7 Å². The fourth-order valence-electron chi connectivity index (χ4n) is 11.7. The Morgan fingerprint density at radius 1 is 0.347 bits per heavy atom. The van der Waals surface area contributed by atoms with Crippen molar-refractivity contribution in [3.63, 3.8) is 0 Å². The summed E-state index contributed by atoms with van der Waals surface area (Å²) >= 11 is 1.79. The molecule has 0 atom stereocenters. The second-order valence-corrected chi connectivity index (χ2v) is 19.7. The van der Waals surface area contributed by atoms with E-state index in [0.29, 0.717) is 23.1 Å². The molecule has 0 aliphatic carbocycles. The van der Waals surface area contributed by atoms with Crippen molar-refractivity contribution in [3.05, 3.63) is 224 Å². The normalized spacial score (nSPS) is 12.2. The van der Waals surface area contributed by atoms with E-state index in [4.69, 9.17) is 19.4 Å². The predicted octanol–water partition coefficient (Wildman–Crippen LogP) is 17.6. The molecule has 0 N–H and O–H groups in total. The smallest absolute Gasteiger partial charge is 0.170 e. The molecule has 16 aromatic rings. The quantitative estimate of drug-likeness (QED) is 0.172. The number of nitrogens with zero attached hydrogens (tertiary/aromatic N) is 5. The van der Waals surface area contributed by atoms with Gasteiger partial charge < -0.3 is 13.6 Å². The minimum Gasteiger partial charge on any atom is -0.455 e. The highest BCUT2D eigenvalue weighted by atomic mass is 32.1. The zero-order valence-corrected chi connectivity index (χ0v) is 39.2. The first-order valence-corrected chi connectivity index (χ1v) is 25.1. The van der Waals surface area contributed by atoms with Gasteiger partial charge >= 0.3 is 0 Å². The summed E-state index contributed by atoms with van der Waals surface area (Å²) in [7, 11) is 0. The zero-order chi connectivity index (χ0) is 47.0. The van der Waals surface area contributed by atoms with Gasteiger partial charge in [-0.2, -0.15) is 0 Å². The molecule has 6 nitrogen and oxygen atoms in total. The van der Waals surface area contributed by atoms with Crippen molar-refractivity contribution in [3.8, 4) is 45.5 Å². The molecule has 0 spiro atoms. The van der Waals surface area contributed by atoms with Crippen LogP contribution in [-0.2, 0) is 0 Å². The Morgan fingerprint density at radius 2 is 0.958 bits per heavy atom. The molecule has 5 heterocycles. The molecule has 0 aliphatic rings. The highest BCUT2D eigenvalue weighted by molar-refractivity contribution is 7.25. The molecule has 16 rings (SSSR count). The molecule has 72 heavy (non-hydrogen) atoms. The summed E-state index contributed by atoms with van der Waals surface area (Å²) in [5.41, 5.74) is 10.5. The van der Waals surface area contributed by atoms with Crippen molar-refractivity contribution >= 4 is 119 Å². The number of rotatable bonds is 5. The van der Waals surface area contributed by atoms with E-state index in [2.05, 4.69) is 234 Å². The number of thiophene rings is 1. The number of para-hydroxylation sites is 3. The molecular weight excluding hydrogens is 899 g/mol. The molecule has 5 aromatic heterocycles. The standard InChI is InChI=1S/C65H37N5OS/c1-2-19-41(20-3-1)69-51-28-12-9-23-44(51)58-47(25-14-29-52(58)69)63-66-64(48-26-15-31-57-60(48)45-24-10-13-30-56(45)72-57)68-65(67-63)61-53(34-33-46-59-42-21-7-6-16-38(42)32-35-55(59)71-62(46)61)70-50-27-11-8-22-43(50)49-36-39-17-4-5-18-40(39)37-54(49)70/h1-37H. The number of furan rings is 1. The summed E-state index contributed by atoms with van der Waals surface area (Å²) in [6.45, 7) is 0. The lowest BCUT2D eigenvalue weighted by atomic mass is 10.0. The first-order valence-electron chi connectivity index (χ1n) is 24.3. The Morgan fingerprint density at radius 3 is 1.78 bits per heavy atom. The fraction of sp³-hybridized carbons (Fsp3) is 0. The van der Waals surface area contributed by atoms with E-state index in [9.17, 15) is 0 Å². The van der Waals surface area contributed by atoms with Crippen molar-refractivity contribution in [2.45, 2.75) is 0 Å². The van der Waals surface area contributed by atoms with Crippen LogP contribution >= 0.6 is 11.3 Å². The molecule has 0 saturated heterocycles. The molecular formula is C65H37N5OS. The van der Waals surface area contributed by atoms with E-state index in [1.54, 1.807) is 11.3 Å². The monoisotopic (exact) mass is 935 g/mol. The van der Waals surface area contributed by atoms with Crippen molar-refractivity contribution in [2.75, 3.05) is 0 Å². The van der Waals surface area contributed by atoms with Crippen LogP contribution in [0.3, 0.4) is 0 Å². The van der Waals surface area contributed by atoms with Crippen LogP contribution in [-0.4, -0.2) is 24.1 Å². The van der Waals surface area contributed by atoms with Crippen LogP contribution in [0.25, 0.3) is 153 Å². The van der Waals surface area contributed by atoms with Crippen LogP contribution in [0, 0.1) is 0 Å². The summed E-state index contributed by atoms with van der Waals surface area (Å²) in [6, 6.07) is 80.1. The van der Waals surface area contributed by atoms with Gasteiger partial charge in [0.1, 0.15) is 11.2 Å². The Hall–Kier alpha value is -9.43. The summed E-state index contributed by atoms with van der Waals surface area (Å²) in [5, 5.41) is 13.5. The first kappa shape index (κ1) is 39.4. The Balaban J connectivity index is 1.08. The third kappa shape index (κ3) is 5.62. The van der Waals surface area contributed by atoms with E-state index in [0.717, 1.165) is 104 Å². The van der Waals surface area contributed by atoms with Crippen molar-refractivity contribution < 1.29 is 4.42 Å². The van der Waals surface area contributed by atoms with Crippen LogP contribution in [0.1, 0.15) is 0 Å². The van der Waals surface area contributed by atoms with Crippen molar-refractivity contribution in [1.29, 1.82) is 0 Å². The number of benzene rings is 11. The van der Waals surface area contributed by atoms with Gasteiger partial charge in [-0.1, -0.05) is 152 Å². The Bertz CT molecular complexity index is 4940. The zero-order valence-electron chi connectivity index (χ0n) is 38.4. The predicted molar refractivity (Wildman–Crippen MR) is 300 cm³/mol. The van der Waals surface area contributed by atoms with Gasteiger partial charge in [0.25, 0.3) is 0 Å². The largest absolute Gasteiger partial charge is 0.455 e. The molecule has 0 fully saturated rings. The van der Waals surface area contributed by atoms with E-state index >= 15 is 0 Å². The minimum absolute atomic E-state index is 0.519. The maximum Gasteiger partial charge on any atom is 0.170 e. The second-order valence-electron chi connectivity index (χ2n) is 18.6. The van der Waals surface area contributed by atoms with Crippen LogP contribution in [0.15, 0.2) is 229 Å². The van der Waals surface area contributed by atoms with Crippen LogP contribution < -0.4 is 0 Å². The lowest BCUT2D eigenvalue weighted by Crippen LogP contribution is -2.04. The highest BCUT2D eigenvalue weighted by Gasteiger charge is 2.27. The molecule has 0 radical (unpaired) electrons. The summed E-state index contributed by atoms with van der Waals surface area (Å²) in [6.07, 6.45) is 0. The number of aromatic nitrogens is 5. The maximum absolute atomic E-state index is 7.25. The molecule has 7 heteroatoms. The van der Waals surface area contributed by atoms with Gasteiger partial charge in [-0.3, -0.25) is 0 Å². The van der Waals surface area contributed by atoms with Crippen LogP contribution in [0.5, 0.6) is 0 Å². The Kier molecular flexibility index (Phi) is 8.23. The van der Waals surface area contributed by atoms with Crippen molar-refractivity contribution in [1.82, 2.24) is 24.1 Å². The summed E-state index contributed by atoms with van der Waals surface area (Å²) < 4.78 is 14.4. The van der Waals surface area contributed by atoms with Gasteiger partial charge in [-0.25, -0.2) is 15.0 Å². The lowest BCUT2D eigenvalue weighted by molar-refractivity contribution is 0.669. The average Bonchev–Trinajstić information content (AvgIpc) is 4.20. The van der Waals surface area contributed by atoms with Crippen molar-refractivity contribution in [2.24, 2.45) is 0 Å². The van der Waals surface area contributed by atoms with Crippen LogP contribution in [0.4, 0.5) is 0 Å². The third-order valence-electron chi connectivity index (χ3n) is 14.7. The van der Waals surface area contributed by atoms with E-state index in [1.807, 2.05) is 0 Å². The van der Waals surface area contributed by atoms with Gasteiger partial charge in [-0.05, 0) is 94.3 Å². The minimum atomic E-state index is 0.519. The summed E-state index contributed by atoms with van der Waals surface area (Å²) in [4.78, 5) is 17.0. The molecule has 0 amide bonds. The first-order chi connectivity index (χ1) is 35.7. The molecule has 334 valence electrons.